The van der Waals surface area contributed by atoms with Crippen LogP contribution in [0, 0.1) is 0 Å². The molecule has 3 aromatic rings. The molecule has 0 saturated carbocycles. The zero-order chi connectivity index (χ0) is 16.8. The van der Waals surface area contributed by atoms with Crippen molar-refractivity contribution in [1.82, 2.24) is 15.2 Å². The Bertz CT molecular complexity index is 791. The van der Waals surface area contributed by atoms with Crippen LogP contribution in [0.15, 0.2) is 67.0 Å². The molecule has 0 bridgehead atoms. The van der Waals surface area contributed by atoms with Gasteiger partial charge in [0.05, 0.1) is 0 Å². The van der Waals surface area contributed by atoms with Crippen molar-refractivity contribution in [2.24, 2.45) is 0 Å². The van der Waals surface area contributed by atoms with Gasteiger partial charge in [-0.1, -0.05) is 18.2 Å². The van der Waals surface area contributed by atoms with E-state index in [-0.39, 0.29) is 5.91 Å². The van der Waals surface area contributed by atoms with E-state index in [0.717, 1.165) is 11.3 Å². The Labute approximate surface area is 140 Å². The lowest BCUT2D eigenvalue weighted by Crippen LogP contribution is -2.27. The number of nitrogens with one attached hydrogen (secondary N) is 1. The molecule has 0 radical (unpaired) electrons. The zero-order valence-electron chi connectivity index (χ0n) is 13.3. The molecule has 0 aliphatic carbocycles. The Morgan fingerprint density at radius 1 is 1.00 bits per heavy atom. The Balaban J connectivity index is 1.64. The lowest BCUT2D eigenvalue weighted by molar-refractivity contribution is 0.0987. The quantitative estimate of drug-likeness (QED) is 0.783. The molecule has 0 aliphatic heterocycles. The summed E-state index contributed by atoms with van der Waals surface area (Å²) in [6, 6.07) is 16.7. The van der Waals surface area contributed by atoms with Crippen molar-refractivity contribution in [3.8, 4) is 0 Å². The summed E-state index contributed by atoms with van der Waals surface area (Å²) < 4.78 is 0. The molecule has 3 rings (SSSR count). The van der Waals surface area contributed by atoms with Crippen LogP contribution in [0.3, 0.4) is 0 Å². The molecule has 2 heterocycles. The van der Waals surface area contributed by atoms with E-state index in [2.05, 4.69) is 20.5 Å². The number of hydrogen-bond donors (Lipinski definition) is 1. The first kappa shape index (κ1) is 15.6. The molecule has 0 fully saturated rings. The van der Waals surface area contributed by atoms with E-state index in [4.69, 9.17) is 0 Å². The van der Waals surface area contributed by atoms with Crippen LogP contribution in [0.2, 0.25) is 0 Å². The summed E-state index contributed by atoms with van der Waals surface area (Å²) in [4.78, 5) is 18.0. The number of hydrogen-bond acceptors (Lipinski definition) is 5. The molecule has 2 aromatic heterocycles. The number of rotatable bonds is 5. The molecule has 1 N–H and O–H groups in total. The maximum atomic E-state index is 12.4. The van der Waals surface area contributed by atoms with E-state index in [1.54, 1.807) is 36.5 Å². The van der Waals surface area contributed by atoms with Crippen molar-refractivity contribution >= 4 is 17.4 Å². The zero-order valence-corrected chi connectivity index (χ0v) is 13.3. The number of para-hydroxylation sites is 1. The fraction of sp³-hybridized carbons (Fsp3) is 0.111. The minimum atomic E-state index is -0.200. The second-order valence-electron chi connectivity index (χ2n) is 5.21. The summed E-state index contributed by atoms with van der Waals surface area (Å²) in [6.07, 6.45) is 3.48. The Hall–Kier alpha value is -3.28. The standard InChI is InChI=1S/C18H17N5O/c1-23(15-5-3-2-4-6-15)18(24)16-7-8-17(22-21-16)20-13-14-9-11-19-12-10-14/h2-12H,13H2,1H3,(H,20,22). The van der Waals surface area contributed by atoms with Gasteiger partial charge < -0.3 is 10.2 Å². The number of nitrogens with zero attached hydrogens (tertiary/aromatic N) is 4. The van der Waals surface area contributed by atoms with Crippen LogP contribution in [-0.2, 0) is 6.54 Å². The van der Waals surface area contributed by atoms with Gasteiger partial charge in [0.15, 0.2) is 5.69 Å². The van der Waals surface area contributed by atoms with Gasteiger partial charge >= 0.3 is 0 Å². The highest BCUT2D eigenvalue weighted by atomic mass is 16.2. The molecule has 6 heteroatoms. The average molecular weight is 319 g/mol. The number of pyridine rings is 1. The lowest BCUT2D eigenvalue weighted by Gasteiger charge is -2.16. The predicted molar refractivity (Wildman–Crippen MR) is 92.8 cm³/mol. The van der Waals surface area contributed by atoms with Crippen LogP contribution < -0.4 is 10.2 Å². The van der Waals surface area contributed by atoms with E-state index >= 15 is 0 Å². The summed E-state index contributed by atoms with van der Waals surface area (Å²) in [7, 11) is 1.72. The van der Waals surface area contributed by atoms with Crippen molar-refractivity contribution in [2.45, 2.75) is 6.54 Å². The Morgan fingerprint density at radius 3 is 2.42 bits per heavy atom. The number of aromatic nitrogens is 3. The van der Waals surface area contributed by atoms with E-state index < -0.39 is 0 Å². The van der Waals surface area contributed by atoms with Gasteiger partial charge in [0.2, 0.25) is 0 Å². The highest BCUT2D eigenvalue weighted by Crippen LogP contribution is 2.14. The highest BCUT2D eigenvalue weighted by Gasteiger charge is 2.15. The summed E-state index contributed by atoms with van der Waals surface area (Å²) in [5.74, 6) is 0.417. The van der Waals surface area contributed by atoms with Gasteiger partial charge in [-0.25, -0.2) is 0 Å². The van der Waals surface area contributed by atoms with Gasteiger partial charge in [-0.15, -0.1) is 10.2 Å². The number of anilines is 2. The third kappa shape index (κ3) is 3.73. The van der Waals surface area contributed by atoms with Crippen molar-refractivity contribution in [2.75, 3.05) is 17.3 Å². The molecule has 0 aliphatic rings. The second kappa shape index (κ2) is 7.32. The van der Waals surface area contributed by atoms with E-state index in [0.29, 0.717) is 18.1 Å². The molecule has 120 valence electrons. The number of carbonyl (C=O) groups excluding carboxylic acids is 1. The minimum absolute atomic E-state index is 0.200. The van der Waals surface area contributed by atoms with Crippen molar-refractivity contribution in [3.05, 3.63) is 78.2 Å². The van der Waals surface area contributed by atoms with E-state index in [1.165, 1.54) is 0 Å². The maximum absolute atomic E-state index is 12.4. The smallest absolute Gasteiger partial charge is 0.278 e. The summed E-state index contributed by atoms with van der Waals surface area (Å²) in [5.41, 5.74) is 2.20. The molecule has 0 spiro atoms. The molecule has 0 atom stereocenters. The SMILES string of the molecule is CN(C(=O)c1ccc(NCc2ccncc2)nn1)c1ccccc1. The van der Waals surface area contributed by atoms with E-state index in [9.17, 15) is 4.79 Å². The van der Waals surface area contributed by atoms with E-state index in [1.807, 2.05) is 42.5 Å². The molecule has 1 aromatic carbocycles. The maximum Gasteiger partial charge on any atom is 0.278 e. The minimum Gasteiger partial charge on any atom is -0.365 e. The van der Waals surface area contributed by atoms with Crippen LogP contribution in [0.5, 0.6) is 0 Å². The monoisotopic (exact) mass is 319 g/mol. The topological polar surface area (TPSA) is 71.0 Å². The van der Waals surface area contributed by atoms with Crippen LogP contribution in [0.4, 0.5) is 11.5 Å². The van der Waals surface area contributed by atoms with Crippen molar-refractivity contribution in [3.63, 3.8) is 0 Å². The predicted octanol–water partition coefficient (Wildman–Crippen LogP) is 2.76. The molecular formula is C18H17N5O. The summed E-state index contributed by atoms with van der Waals surface area (Å²) in [5, 5.41) is 11.2. The first-order chi connectivity index (χ1) is 11.7. The van der Waals surface area contributed by atoms with Crippen LogP contribution in [-0.4, -0.2) is 28.1 Å². The number of benzene rings is 1. The Morgan fingerprint density at radius 2 is 1.75 bits per heavy atom. The van der Waals surface area contributed by atoms with Gasteiger partial charge in [-0.3, -0.25) is 9.78 Å². The normalized spacial score (nSPS) is 10.2. The molecule has 1 amide bonds. The van der Waals surface area contributed by atoms with Crippen molar-refractivity contribution in [1.29, 1.82) is 0 Å². The first-order valence-electron chi connectivity index (χ1n) is 7.53. The highest BCUT2D eigenvalue weighted by molar-refractivity contribution is 6.04. The fourth-order valence-corrected chi connectivity index (χ4v) is 2.17. The average Bonchev–Trinajstić information content (AvgIpc) is 2.67. The van der Waals surface area contributed by atoms with Gasteiger partial charge in [-0.2, -0.15) is 0 Å². The summed E-state index contributed by atoms with van der Waals surface area (Å²) in [6.45, 7) is 0.619. The van der Waals surface area contributed by atoms with Gasteiger partial charge in [-0.05, 0) is 42.0 Å². The van der Waals surface area contributed by atoms with Crippen LogP contribution >= 0.6 is 0 Å². The number of amides is 1. The molecule has 0 saturated heterocycles. The Kier molecular flexibility index (Phi) is 4.76. The third-order valence-corrected chi connectivity index (χ3v) is 3.55. The fourth-order valence-electron chi connectivity index (χ4n) is 2.17. The van der Waals surface area contributed by atoms with Gasteiger partial charge in [0.25, 0.3) is 5.91 Å². The van der Waals surface area contributed by atoms with Crippen LogP contribution in [0.25, 0.3) is 0 Å². The molecule has 0 unspecified atom stereocenters. The summed E-state index contributed by atoms with van der Waals surface area (Å²) >= 11 is 0. The lowest BCUT2D eigenvalue weighted by atomic mass is 10.2. The molecule has 6 nitrogen and oxygen atoms in total. The first-order valence-corrected chi connectivity index (χ1v) is 7.53. The number of carbonyl (C=O) groups is 1. The van der Waals surface area contributed by atoms with Crippen molar-refractivity contribution < 1.29 is 4.79 Å². The molecular weight excluding hydrogens is 302 g/mol. The largest absolute Gasteiger partial charge is 0.365 e. The van der Waals surface area contributed by atoms with Gasteiger partial charge in [0.1, 0.15) is 5.82 Å². The third-order valence-electron chi connectivity index (χ3n) is 3.55. The second-order valence-corrected chi connectivity index (χ2v) is 5.21. The van der Waals surface area contributed by atoms with Gasteiger partial charge in [0, 0.05) is 31.7 Å². The van der Waals surface area contributed by atoms with Crippen LogP contribution in [0.1, 0.15) is 16.1 Å². The molecule has 24 heavy (non-hydrogen) atoms.